The molecule has 0 aromatic heterocycles. The molecule has 1 aromatic rings. The third kappa shape index (κ3) is 3.01. The summed E-state index contributed by atoms with van der Waals surface area (Å²) in [6.45, 7) is 1.69. The molecule has 0 radical (unpaired) electrons. The molecule has 0 saturated carbocycles. The highest BCUT2D eigenvalue weighted by Crippen LogP contribution is 2.29. The highest BCUT2D eigenvalue weighted by molar-refractivity contribution is 8.00. The molecule has 1 aromatic carbocycles. The first-order valence-electron chi connectivity index (χ1n) is 5.78. The maximum atomic E-state index is 13.0. The number of carbonyl (C=O) groups is 2. The molecule has 2 amide bonds. The Hall–Kier alpha value is -1.83. The van der Waals surface area contributed by atoms with Gasteiger partial charge in [-0.25, -0.2) is 18.4 Å². The van der Waals surface area contributed by atoms with Gasteiger partial charge in [-0.15, -0.1) is 11.8 Å². The number of carboxylic acids is 1. The average molecular weight is 302 g/mol. The molecule has 2 unspecified atom stereocenters. The van der Waals surface area contributed by atoms with Crippen molar-refractivity contribution < 1.29 is 23.5 Å². The predicted octanol–water partition coefficient (Wildman–Crippen LogP) is 2.34. The number of benzene rings is 1. The minimum absolute atomic E-state index is 0.0549. The monoisotopic (exact) mass is 302 g/mol. The number of nitrogens with zero attached hydrogens (tertiary/aromatic N) is 1. The summed E-state index contributed by atoms with van der Waals surface area (Å²) in [5.41, 5.74) is -0.0549. The van der Waals surface area contributed by atoms with Crippen molar-refractivity contribution in [3.05, 3.63) is 29.8 Å². The molecular formula is C12H12F2N2O3S. The quantitative estimate of drug-likeness (QED) is 0.880. The Morgan fingerprint density at radius 2 is 1.95 bits per heavy atom. The van der Waals surface area contributed by atoms with Gasteiger partial charge in [0.1, 0.15) is 17.7 Å². The lowest BCUT2D eigenvalue weighted by atomic mass is 10.3. The maximum Gasteiger partial charge on any atom is 0.327 e. The highest BCUT2D eigenvalue weighted by atomic mass is 32.2. The van der Waals surface area contributed by atoms with E-state index in [-0.39, 0.29) is 16.8 Å². The molecule has 1 saturated heterocycles. The van der Waals surface area contributed by atoms with Gasteiger partial charge in [0.2, 0.25) is 0 Å². The van der Waals surface area contributed by atoms with E-state index in [1.165, 1.54) is 11.8 Å². The number of hydrogen-bond donors (Lipinski definition) is 2. The molecule has 2 atom stereocenters. The Morgan fingerprint density at radius 3 is 2.50 bits per heavy atom. The van der Waals surface area contributed by atoms with Crippen LogP contribution in [0.3, 0.4) is 0 Å². The Labute approximate surface area is 117 Å². The van der Waals surface area contributed by atoms with E-state index in [1.54, 1.807) is 6.92 Å². The molecule has 2 N–H and O–H groups in total. The van der Waals surface area contributed by atoms with Gasteiger partial charge in [-0.05, 0) is 19.1 Å². The van der Waals surface area contributed by atoms with E-state index in [0.717, 1.165) is 17.0 Å². The van der Waals surface area contributed by atoms with E-state index in [9.17, 15) is 18.4 Å². The number of thioether (sulfide) groups is 1. The van der Waals surface area contributed by atoms with Crippen molar-refractivity contribution >= 4 is 29.4 Å². The summed E-state index contributed by atoms with van der Waals surface area (Å²) in [5, 5.41) is 11.0. The van der Waals surface area contributed by atoms with Crippen LogP contribution < -0.4 is 5.32 Å². The minimum Gasteiger partial charge on any atom is -0.480 e. The fraction of sp³-hybridized carbons (Fsp3) is 0.333. The summed E-state index contributed by atoms with van der Waals surface area (Å²) < 4.78 is 26.1. The number of anilines is 1. The van der Waals surface area contributed by atoms with Crippen molar-refractivity contribution in [3.63, 3.8) is 0 Å². The molecule has 1 aliphatic heterocycles. The SMILES string of the molecule is CC1SCC(C(=O)O)N1C(=O)Nc1cc(F)cc(F)c1. The molecule has 8 heteroatoms. The number of aliphatic carboxylic acids is 1. The number of carboxylic acid groups (broad SMARTS) is 1. The average Bonchev–Trinajstić information content (AvgIpc) is 2.69. The van der Waals surface area contributed by atoms with Crippen molar-refractivity contribution in [2.75, 3.05) is 11.1 Å². The second kappa shape index (κ2) is 5.66. The number of amides is 2. The van der Waals surface area contributed by atoms with Crippen LogP contribution in [-0.4, -0.2) is 39.2 Å². The topological polar surface area (TPSA) is 69.6 Å². The molecule has 108 valence electrons. The molecule has 1 heterocycles. The predicted molar refractivity (Wildman–Crippen MR) is 70.6 cm³/mol. The zero-order valence-electron chi connectivity index (χ0n) is 10.5. The molecule has 2 rings (SSSR count). The van der Waals surface area contributed by atoms with Crippen molar-refractivity contribution in [2.24, 2.45) is 0 Å². The number of urea groups is 1. The highest BCUT2D eigenvalue weighted by Gasteiger charge is 2.39. The van der Waals surface area contributed by atoms with E-state index in [4.69, 9.17) is 5.11 Å². The Morgan fingerprint density at radius 1 is 1.35 bits per heavy atom. The third-order valence-corrected chi connectivity index (χ3v) is 4.07. The lowest BCUT2D eigenvalue weighted by molar-refractivity contribution is -0.141. The van der Waals surface area contributed by atoms with E-state index >= 15 is 0 Å². The fourth-order valence-corrected chi connectivity index (χ4v) is 3.12. The van der Waals surface area contributed by atoms with Crippen LogP contribution in [-0.2, 0) is 4.79 Å². The second-order valence-corrected chi connectivity index (χ2v) is 5.63. The molecular weight excluding hydrogens is 290 g/mol. The van der Waals surface area contributed by atoms with Gasteiger partial charge >= 0.3 is 12.0 Å². The van der Waals surface area contributed by atoms with Crippen LogP contribution in [0.25, 0.3) is 0 Å². The first-order valence-corrected chi connectivity index (χ1v) is 6.83. The van der Waals surface area contributed by atoms with Crippen LogP contribution >= 0.6 is 11.8 Å². The maximum absolute atomic E-state index is 13.0. The van der Waals surface area contributed by atoms with E-state index in [1.807, 2.05) is 0 Å². The van der Waals surface area contributed by atoms with Crippen LogP contribution in [0.1, 0.15) is 6.92 Å². The van der Waals surface area contributed by atoms with E-state index < -0.39 is 29.7 Å². The summed E-state index contributed by atoms with van der Waals surface area (Å²) in [5.74, 6) is -2.47. The summed E-state index contributed by atoms with van der Waals surface area (Å²) in [6.07, 6.45) is 0. The first-order chi connectivity index (χ1) is 9.38. The molecule has 1 aliphatic rings. The largest absolute Gasteiger partial charge is 0.480 e. The molecule has 1 fully saturated rings. The summed E-state index contributed by atoms with van der Waals surface area (Å²) in [4.78, 5) is 24.3. The Balaban J connectivity index is 2.16. The molecule has 0 bridgehead atoms. The molecule has 5 nitrogen and oxygen atoms in total. The first kappa shape index (κ1) is 14.6. The van der Waals surface area contributed by atoms with Crippen LogP contribution in [0.15, 0.2) is 18.2 Å². The Bertz CT molecular complexity index is 535. The normalized spacial score (nSPS) is 21.9. The van der Waals surface area contributed by atoms with Gasteiger partial charge in [-0.3, -0.25) is 4.90 Å². The number of nitrogens with one attached hydrogen (secondary N) is 1. The zero-order chi connectivity index (χ0) is 14.9. The van der Waals surface area contributed by atoms with Crippen molar-refractivity contribution in [3.8, 4) is 0 Å². The van der Waals surface area contributed by atoms with Gasteiger partial charge in [-0.2, -0.15) is 0 Å². The van der Waals surface area contributed by atoms with Crippen LogP contribution in [0.4, 0.5) is 19.3 Å². The van der Waals surface area contributed by atoms with Gasteiger partial charge < -0.3 is 10.4 Å². The minimum atomic E-state index is -1.11. The van der Waals surface area contributed by atoms with E-state index in [0.29, 0.717) is 6.07 Å². The van der Waals surface area contributed by atoms with Gasteiger partial charge in [0, 0.05) is 17.5 Å². The van der Waals surface area contributed by atoms with Gasteiger partial charge in [0.15, 0.2) is 0 Å². The van der Waals surface area contributed by atoms with E-state index in [2.05, 4.69) is 5.32 Å². The molecule has 0 spiro atoms. The van der Waals surface area contributed by atoms with Crippen molar-refractivity contribution in [1.29, 1.82) is 0 Å². The lowest BCUT2D eigenvalue weighted by Crippen LogP contribution is -2.46. The van der Waals surface area contributed by atoms with Crippen molar-refractivity contribution in [2.45, 2.75) is 18.3 Å². The van der Waals surface area contributed by atoms with Crippen LogP contribution in [0.2, 0.25) is 0 Å². The second-order valence-electron chi connectivity index (χ2n) is 4.28. The lowest BCUT2D eigenvalue weighted by Gasteiger charge is -2.25. The number of hydrogen-bond acceptors (Lipinski definition) is 3. The van der Waals surface area contributed by atoms with Crippen LogP contribution in [0, 0.1) is 11.6 Å². The van der Waals surface area contributed by atoms with Gasteiger partial charge in [0.05, 0.1) is 5.37 Å². The zero-order valence-corrected chi connectivity index (χ0v) is 11.3. The number of halogens is 2. The standard InChI is InChI=1S/C12H12F2N2O3S/c1-6-16(10(5-20-6)11(17)18)12(19)15-9-3-7(13)2-8(14)4-9/h2-4,6,10H,5H2,1H3,(H,15,19)(H,17,18). The van der Waals surface area contributed by atoms with Crippen LogP contribution in [0.5, 0.6) is 0 Å². The van der Waals surface area contributed by atoms with Gasteiger partial charge in [0.25, 0.3) is 0 Å². The smallest absolute Gasteiger partial charge is 0.327 e. The fourth-order valence-electron chi connectivity index (χ4n) is 1.96. The third-order valence-electron chi connectivity index (χ3n) is 2.86. The summed E-state index contributed by atoms with van der Waals surface area (Å²) >= 11 is 1.32. The summed E-state index contributed by atoms with van der Waals surface area (Å²) in [7, 11) is 0. The van der Waals surface area contributed by atoms with Gasteiger partial charge in [-0.1, -0.05) is 0 Å². The molecule has 20 heavy (non-hydrogen) atoms. The molecule has 0 aliphatic carbocycles. The Kier molecular flexibility index (Phi) is 4.12. The number of rotatable bonds is 2. The number of carbonyl (C=O) groups excluding carboxylic acids is 1. The van der Waals surface area contributed by atoms with Crippen molar-refractivity contribution in [1.82, 2.24) is 4.90 Å². The summed E-state index contributed by atoms with van der Waals surface area (Å²) in [6, 6.07) is 0.965.